The number of ether oxygens (including phenoxy) is 1. The SMILES string of the molecule is CO[C@H](C)c1cccc(NC(=O)N(C)C[C@@H](O)C(F)(F)F)c1. The van der Waals surface area contributed by atoms with Crippen molar-refractivity contribution in [3.8, 4) is 0 Å². The molecule has 0 radical (unpaired) electrons. The van der Waals surface area contributed by atoms with Gasteiger partial charge in [-0.1, -0.05) is 12.1 Å². The number of hydrogen-bond acceptors (Lipinski definition) is 3. The summed E-state index contributed by atoms with van der Waals surface area (Å²) in [6, 6.07) is 6.04. The highest BCUT2D eigenvalue weighted by Gasteiger charge is 2.39. The highest BCUT2D eigenvalue weighted by molar-refractivity contribution is 5.89. The minimum atomic E-state index is -4.76. The van der Waals surface area contributed by atoms with Crippen LogP contribution in [0.3, 0.4) is 0 Å². The predicted molar refractivity (Wildman–Crippen MR) is 75.6 cm³/mol. The number of nitrogens with zero attached hydrogens (tertiary/aromatic N) is 1. The standard InChI is InChI=1S/C14H19F3N2O3/c1-9(22-3)10-5-4-6-11(7-10)18-13(21)19(2)8-12(20)14(15,16)17/h4-7,9,12,20H,8H2,1-3H3,(H,18,21)/t9-,12-/m1/s1. The maximum atomic E-state index is 12.3. The van der Waals surface area contributed by atoms with Gasteiger partial charge < -0.3 is 20.1 Å². The summed E-state index contributed by atoms with van der Waals surface area (Å²) >= 11 is 0. The molecule has 0 aliphatic heterocycles. The number of carbonyl (C=O) groups is 1. The lowest BCUT2D eigenvalue weighted by Crippen LogP contribution is -2.43. The van der Waals surface area contributed by atoms with Crippen LogP contribution in [0.1, 0.15) is 18.6 Å². The molecule has 0 spiro atoms. The molecular formula is C14H19F3N2O3. The largest absolute Gasteiger partial charge is 0.416 e. The van der Waals surface area contributed by atoms with Gasteiger partial charge >= 0.3 is 12.2 Å². The zero-order chi connectivity index (χ0) is 16.9. The van der Waals surface area contributed by atoms with Crippen molar-refractivity contribution in [3.05, 3.63) is 29.8 Å². The number of likely N-dealkylation sites (N-methyl/N-ethyl adjacent to an activating group) is 1. The second-order valence-electron chi connectivity index (χ2n) is 4.87. The Balaban J connectivity index is 2.68. The van der Waals surface area contributed by atoms with Gasteiger partial charge in [-0.3, -0.25) is 0 Å². The molecule has 0 aromatic heterocycles. The molecule has 0 saturated carbocycles. The Hall–Kier alpha value is -1.80. The molecule has 0 heterocycles. The second kappa shape index (κ2) is 7.46. The fourth-order valence-electron chi connectivity index (χ4n) is 1.67. The van der Waals surface area contributed by atoms with Crippen LogP contribution in [0.2, 0.25) is 0 Å². The number of halogens is 3. The van der Waals surface area contributed by atoms with E-state index in [9.17, 15) is 18.0 Å². The Morgan fingerprint density at radius 3 is 2.64 bits per heavy atom. The summed E-state index contributed by atoms with van der Waals surface area (Å²) in [6.45, 7) is 0.982. The van der Waals surface area contributed by atoms with Crippen molar-refractivity contribution < 1.29 is 27.8 Å². The fourth-order valence-corrected chi connectivity index (χ4v) is 1.67. The summed E-state index contributed by atoms with van der Waals surface area (Å²) in [5.74, 6) is 0. The first-order valence-electron chi connectivity index (χ1n) is 6.54. The lowest BCUT2D eigenvalue weighted by Gasteiger charge is -2.23. The molecule has 22 heavy (non-hydrogen) atoms. The van der Waals surface area contributed by atoms with Crippen molar-refractivity contribution in [1.29, 1.82) is 0 Å². The summed E-state index contributed by atoms with van der Waals surface area (Å²) in [5.41, 5.74) is 1.25. The number of alkyl halides is 3. The maximum Gasteiger partial charge on any atom is 0.416 e. The Bertz CT molecular complexity index is 508. The maximum absolute atomic E-state index is 12.3. The molecule has 1 aromatic carbocycles. The number of hydrogen-bond donors (Lipinski definition) is 2. The molecule has 0 fully saturated rings. The van der Waals surface area contributed by atoms with Crippen LogP contribution >= 0.6 is 0 Å². The first-order valence-corrected chi connectivity index (χ1v) is 6.54. The number of aliphatic hydroxyl groups is 1. The molecule has 2 N–H and O–H groups in total. The summed E-state index contributed by atoms with van der Waals surface area (Å²) in [4.78, 5) is 12.6. The third-order valence-corrected chi connectivity index (χ3v) is 3.13. The number of rotatable bonds is 5. The molecule has 2 atom stereocenters. The monoisotopic (exact) mass is 320 g/mol. The number of anilines is 1. The Labute approximate surface area is 126 Å². The molecule has 0 unspecified atom stereocenters. The molecular weight excluding hydrogens is 301 g/mol. The first kappa shape index (κ1) is 18.2. The molecule has 0 saturated heterocycles. The topological polar surface area (TPSA) is 61.8 Å². The van der Waals surface area contributed by atoms with Gasteiger partial charge in [0.25, 0.3) is 0 Å². The van der Waals surface area contributed by atoms with Crippen molar-refractivity contribution in [3.63, 3.8) is 0 Å². The number of amides is 2. The van der Waals surface area contributed by atoms with E-state index in [2.05, 4.69) is 5.32 Å². The van der Waals surface area contributed by atoms with Gasteiger partial charge in [-0.25, -0.2) is 4.79 Å². The Morgan fingerprint density at radius 1 is 1.45 bits per heavy atom. The molecule has 0 bridgehead atoms. The highest BCUT2D eigenvalue weighted by atomic mass is 19.4. The van der Waals surface area contributed by atoms with E-state index in [1.807, 2.05) is 6.92 Å². The van der Waals surface area contributed by atoms with Crippen LogP contribution in [0.4, 0.5) is 23.7 Å². The smallest absolute Gasteiger partial charge is 0.382 e. The molecule has 0 aliphatic carbocycles. The number of carbonyl (C=O) groups excluding carboxylic acids is 1. The molecule has 1 rings (SSSR count). The minimum absolute atomic E-state index is 0.179. The summed E-state index contributed by atoms with van der Waals surface area (Å²) < 4.78 is 41.9. The molecule has 124 valence electrons. The Morgan fingerprint density at radius 2 is 2.09 bits per heavy atom. The zero-order valence-corrected chi connectivity index (χ0v) is 12.5. The van der Waals surface area contributed by atoms with E-state index < -0.39 is 24.9 Å². The Kier molecular flexibility index (Phi) is 6.19. The summed E-state index contributed by atoms with van der Waals surface area (Å²) in [7, 11) is 2.72. The molecule has 5 nitrogen and oxygen atoms in total. The van der Waals surface area contributed by atoms with Gasteiger partial charge in [-0.15, -0.1) is 0 Å². The van der Waals surface area contributed by atoms with E-state index in [-0.39, 0.29) is 6.10 Å². The second-order valence-corrected chi connectivity index (χ2v) is 4.87. The fraction of sp³-hybridized carbons (Fsp3) is 0.500. The number of nitrogens with one attached hydrogen (secondary N) is 1. The van der Waals surface area contributed by atoms with Gasteiger partial charge in [0.05, 0.1) is 12.6 Å². The lowest BCUT2D eigenvalue weighted by atomic mass is 10.1. The van der Waals surface area contributed by atoms with Gasteiger partial charge in [0.2, 0.25) is 0 Å². The van der Waals surface area contributed by atoms with E-state index in [1.165, 1.54) is 7.05 Å². The van der Waals surface area contributed by atoms with Crippen LogP contribution in [0.15, 0.2) is 24.3 Å². The van der Waals surface area contributed by atoms with Gasteiger partial charge in [0.15, 0.2) is 6.10 Å². The molecule has 2 amide bonds. The van der Waals surface area contributed by atoms with Crippen LogP contribution in [-0.4, -0.2) is 49.0 Å². The van der Waals surface area contributed by atoms with E-state index in [4.69, 9.17) is 9.84 Å². The van der Waals surface area contributed by atoms with E-state index in [0.717, 1.165) is 10.5 Å². The van der Waals surface area contributed by atoms with E-state index in [0.29, 0.717) is 5.69 Å². The molecule has 8 heteroatoms. The molecule has 1 aromatic rings. The quantitative estimate of drug-likeness (QED) is 0.877. The average Bonchev–Trinajstić information content (AvgIpc) is 2.45. The van der Waals surface area contributed by atoms with Gasteiger partial charge in [-0.05, 0) is 24.6 Å². The van der Waals surface area contributed by atoms with Crippen LogP contribution < -0.4 is 5.32 Å². The van der Waals surface area contributed by atoms with Crippen molar-refractivity contribution in [2.45, 2.75) is 25.3 Å². The zero-order valence-electron chi connectivity index (χ0n) is 12.5. The lowest BCUT2D eigenvalue weighted by molar-refractivity contribution is -0.205. The number of aliphatic hydroxyl groups excluding tert-OH is 1. The van der Waals surface area contributed by atoms with Crippen LogP contribution in [0, 0.1) is 0 Å². The average molecular weight is 320 g/mol. The normalized spacial score (nSPS) is 14.3. The van der Waals surface area contributed by atoms with Crippen molar-refractivity contribution >= 4 is 11.7 Å². The van der Waals surface area contributed by atoms with Crippen LogP contribution in [0.25, 0.3) is 0 Å². The predicted octanol–water partition coefficient (Wildman–Crippen LogP) is 2.78. The third-order valence-electron chi connectivity index (χ3n) is 3.13. The minimum Gasteiger partial charge on any atom is -0.382 e. The van der Waals surface area contributed by atoms with Crippen molar-refractivity contribution in [2.24, 2.45) is 0 Å². The van der Waals surface area contributed by atoms with E-state index in [1.54, 1.807) is 31.4 Å². The number of benzene rings is 1. The van der Waals surface area contributed by atoms with Gasteiger partial charge in [-0.2, -0.15) is 13.2 Å². The van der Waals surface area contributed by atoms with Crippen molar-refractivity contribution in [1.82, 2.24) is 4.90 Å². The third kappa shape index (κ3) is 5.19. The summed E-state index contributed by atoms with van der Waals surface area (Å²) in [6.07, 6.45) is -7.52. The molecule has 0 aliphatic rings. The van der Waals surface area contributed by atoms with Crippen LogP contribution in [-0.2, 0) is 4.74 Å². The number of methoxy groups -OCH3 is 1. The number of urea groups is 1. The van der Waals surface area contributed by atoms with Gasteiger partial charge in [0, 0.05) is 19.8 Å². The van der Waals surface area contributed by atoms with Gasteiger partial charge in [0.1, 0.15) is 0 Å². The van der Waals surface area contributed by atoms with Crippen molar-refractivity contribution in [2.75, 3.05) is 26.0 Å². The summed E-state index contributed by atoms with van der Waals surface area (Å²) in [5, 5.41) is 11.4. The highest BCUT2D eigenvalue weighted by Crippen LogP contribution is 2.22. The van der Waals surface area contributed by atoms with Crippen LogP contribution in [0.5, 0.6) is 0 Å². The first-order chi connectivity index (χ1) is 10.1. The van der Waals surface area contributed by atoms with E-state index >= 15 is 0 Å².